The van der Waals surface area contributed by atoms with Crippen LogP contribution < -0.4 is 16.6 Å². The highest BCUT2D eigenvalue weighted by atomic mass is 19.1. The molecule has 37 heavy (non-hydrogen) atoms. The number of hydrogen-bond acceptors (Lipinski definition) is 7. The summed E-state index contributed by atoms with van der Waals surface area (Å²) in [6.07, 6.45) is 4.83. The first kappa shape index (κ1) is 26.8. The predicted molar refractivity (Wildman–Crippen MR) is 134 cm³/mol. The molecule has 4 rings (SSSR count). The zero-order chi connectivity index (χ0) is 26.9. The zero-order valence-electron chi connectivity index (χ0n) is 21.8. The molecule has 1 amide bonds. The largest absolute Gasteiger partial charge is 0.469 e. The maximum Gasteiger partial charge on any atom is 0.407 e. The molecule has 0 saturated heterocycles. The van der Waals surface area contributed by atoms with Crippen LogP contribution in [0.4, 0.5) is 9.18 Å². The molecular formula is C26H35FN4O6. The number of ether oxygens (including phenoxy) is 2. The van der Waals surface area contributed by atoms with Gasteiger partial charge in [-0.3, -0.25) is 18.7 Å². The Bertz CT molecular complexity index is 1280. The van der Waals surface area contributed by atoms with Crippen LogP contribution in [-0.4, -0.2) is 44.9 Å². The fraction of sp³-hybridized carbons (Fsp3) is 0.654. The van der Waals surface area contributed by atoms with Crippen LogP contribution in [0.1, 0.15) is 84.2 Å². The number of fused-ring (bicyclic) bond motifs is 1. The van der Waals surface area contributed by atoms with E-state index in [9.17, 15) is 23.6 Å². The van der Waals surface area contributed by atoms with Crippen molar-refractivity contribution in [2.75, 3.05) is 7.11 Å². The normalized spacial score (nSPS) is 24.5. The standard InChI is InChI=1S/C26H35FN4O6/c1-26(2,3)37-24(34)29-17-7-11-19(12-8-17)31-22(32)20-13-16(27)14-28-21(20)30(25(31)35)18-9-5-15(6-10-18)23(33)36-4/h13-15,17-19H,5-12H2,1-4H3,(H,29,34). The number of nitrogens with zero attached hydrogens (tertiary/aromatic N) is 3. The number of aromatic nitrogens is 3. The van der Waals surface area contributed by atoms with Gasteiger partial charge in [0.25, 0.3) is 5.56 Å². The highest BCUT2D eigenvalue weighted by Gasteiger charge is 2.33. The van der Waals surface area contributed by atoms with Gasteiger partial charge in [0.2, 0.25) is 0 Å². The molecule has 1 N–H and O–H groups in total. The van der Waals surface area contributed by atoms with E-state index in [1.54, 1.807) is 20.8 Å². The number of carbonyl (C=O) groups excluding carboxylic acids is 2. The van der Waals surface area contributed by atoms with Gasteiger partial charge in [-0.15, -0.1) is 0 Å². The van der Waals surface area contributed by atoms with E-state index in [0.717, 1.165) is 12.3 Å². The number of alkyl carbamates (subject to hydrolysis) is 1. The maximum atomic E-state index is 14.1. The van der Waals surface area contributed by atoms with Gasteiger partial charge >= 0.3 is 17.8 Å². The van der Waals surface area contributed by atoms with Gasteiger partial charge in [0, 0.05) is 18.1 Å². The molecule has 0 spiro atoms. The zero-order valence-corrected chi connectivity index (χ0v) is 21.8. The number of hydrogen-bond donors (Lipinski definition) is 1. The number of esters is 1. The number of rotatable bonds is 4. The predicted octanol–water partition coefficient (Wildman–Crippen LogP) is 3.61. The average molecular weight is 519 g/mol. The fourth-order valence-electron chi connectivity index (χ4n) is 5.54. The number of methoxy groups -OCH3 is 1. The summed E-state index contributed by atoms with van der Waals surface area (Å²) in [5, 5.41) is 2.92. The summed E-state index contributed by atoms with van der Waals surface area (Å²) in [7, 11) is 1.36. The van der Waals surface area contributed by atoms with E-state index >= 15 is 0 Å². The molecule has 2 saturated carbocycles. The molecule has 0 unspecified atom stereocenters. The fourth-order valence-corrected chi connectivity index (χ4v) is 5.54. The molecule has 2 aliphatic rings. The third kappa shape index (κ3) is 5.86. The van der Waals surface area contributed by atoms with Crippen LogP contribution in [0.2, 0.25) is 0 Å². The van der Waals surface area contributed by atoms with Crippen molar-refractivity contribution in [1.82, 2.24) is 19.4 Å². The summed E-state index contributed by atoms with van der Waals surface area (Å²) in [5.41, 5.74) is -1.48. The molecule has 0 aromatic carbocycles. The Morgan fingerprint density at radius 2 is 1.59 bits per heavy atom. The quantitative estimate of drug-likeness (QED) is 0.614. The molecule has 202 valence electrons. The van der Waals surface area contributed by atoms with Gasteiger partial charge in [-0.1, -0.05) is 0 Å². The first-order chi connectivity index (χ1) is 17.5. The van der Waals surface area contributed by atoms with Crippen molar-refractivity contribution >= 4 is 23.1 Å². The van der Waals surface area contributed by atoms with Crippen LogP contribution >= 0.6 is 0 Å². The van der Waals surface area contributed by atoms with Gasteiger partial charge in [0.1, 0.15) is 17.1 Å². The van der Waals surface area contributed by atoms with E-state index in [0.29, 0.717) is 51.4 Å². The molecule has 2 heterocycles. The summed E-state index contributed by atoms with van der Waals surface area (Å²) >= 11 is 0. The van der Waals surface area contributed by atoms with Crippen LogP contribution in [0, 0.1) is 11.7 Å². The second-order valence-corrected chi connectivity index (χ2v) is 11.0. The summed E-state index contributed by atoms with van der Waals surface area (Å²) in [6.45, 7) is 5.38. The van der Waals surface area contributed by atoms with Crippen molar-refractivity contribution < 1.29 is 23.5 Å². The third-order valence-corrected chi connectivity index (χ3v) is 7.30. The van der Waals surface area contributed by atoms with Gasteiger partial charge in [0.15, 0.2) is 0 Å². The summed E-state index contributed by atoms with van der Waals surface area (Å²) < 4.78 is 27.1. The monoisotopic (exact) mass is 518 g/mol. The number of carbonyl (C=O) groups is 2. The van der Waals surface area contributed by atoms with E-state index in [1.165, 1.54) is 16.2 Å². The molecule has 0 aliphatic heterocycles. The molecule has 0 bridgehead atoms. The van der Waals surface area contributed by atoms with Crippen molar-refractivity contribution in [3.8, 4) is 0 Å². The minimum Gasteiger partial charge on any atom is -0.469 e. The van der Waals surface area contributed by atoms with Gasteiger partial charge in [-0.2, -0.15) is 0 Å². The molecule has 10 nitrogen and oxygen atoms in total. The Hall–Kier alpha value is -3.24. The first-order valence-corrected chi connectivity index (χ1v) is 12.9. The Labute approximate surface area is 214 Å². The number of halogens is 1. The molecule has 2 aromatic rings. The van der Waals surface area contributed by atoms with Crippen molar-refractivity contribution in [3.05, 3.63) is 38.9 Å². The van der Waals surface area contributed by atoms with Gasteiger partial charge in [0.05, 0.1) is 24.6 Å². The number of pyridine rings is 1. The number of amides is 1. The van der Waals surface area contributed by atoms with Crippen molar-refractivity contribution in [3.63, 3.8) is 0 Å². The Morgan fingerprint density at radius 3 is 2.19 bits per heavy atom. The van der Waals surface area contributed by atoms with E-state index in [1.807, 2.05) is 0 Å². The second-order valence-electron chi connectivity index (χ2n) is 11.0. The lowest BCUT2D eigenvalue weighted by atomic mass is 9.86. The van der Waals surface area contributed by atoms with E-state index in [4.69, 9.17) is 9.47 Å². The van der Waals surface area contributed by atoms with Gasteiger partial charge < -0.3 is 14.8 Å². The molecule has 2 aliphatic carbocycles. The Morgan fingerprint density at radius 1 is 1.00 bits per heavy atom. The first-order valence-electron chi connectivity index (χ1n) is 12.9. The topological polar surface area (TPSA) is 122 Å². The van der Waals surface area contributed by atoms with Crippen molar-refractivity contribution in [2.24, 2.45) is 5.92 Å². The van der Waals surface area contributed by atoms with Crippen LogP contribution in [0.5, 0.6) is 0 Å². The molecule has 2 fully saturated rings. The highest BCUT2D eigenvalue weighted by molar-refractivity contribution is 5.74. The average Bonchev–Trinajstić information content (AvgIpc) is 2.84. The lowest BCUT2D eigenvalue weighted by Crippen LogP contribution is -2.47. The van der Waals surface area contributed by atoms with Crippen LogP contribution in [-0.2, 0) is 14.3 Å². The van der Waals surface area contributed by atoms with E-state index < -0.39 is 28.8 Å². The Balaban J connectivity index is 1.61. The molecular weight excluding hydrogens is 483 g/mol. The Kier molecular flexibility index (Phi) is 7.70. The van der Waals surface area contributed by atoms with Gasteiger partial charge in [-0.05, 0) is 78.2 Å². The molecule has 2 aromatic heterocycles. The molecule has 0 atom stereocenters. The van der Waals surface area contributed by atoms with E-state index in [-0.39, 0.29) is 41.0 Å². The lowest BCUT2D eigenvalue weighted by Gasteiger charge is -2.32. The van der Waals surface area contributed by atoms with Crippen molar-refractivity contribution in [1.29, 1.82) is 0 Å². The van der Waals surface area contributed by atoms with Gasteiger partial charge in [-0.25, -0.2) is 19.0 Å². The SMILES string of the molecule is COC(=O)C1CCC(n2c(=O)n(C3CCC(NC(=O)OC(C)(C)C)CC3)c(=O)c3cc(F)cnc32)CC1. The smallest absolute Gasteiger partial charge is 0.407 e. The second kappa shape index (κ2) is 10.6. The third-order valence-electron chi connectivity index (χ3n) is 7.30. The highest BCUT2D eigenvalue weighted by Crippen LogP contribution is 2.34. The lowest BCUT2D eigenvalue weighted by molar-refractivity contribution is -0.146. The molecule has 0 radical (unpaired) electrons. The van der Waals surface area contributed by atoms with E-state index in [2.05, 4.69) is 10.3 Å². The number of nitrogens with one attached hydrogen (secondary N) is 1. The maximum absolute atomic E-state index is 14.1. The summed E-state index contributed by atoms with van der Waals surface area (Å²) in [6, 6.07) is 0.345. The minimum absolute atomic E-state index is 0.0590. The summed E-state index contributed by atoms with van der Waals surface area (Å²) in [4.78, 5) is 55.5. The van der Waals surface area contributed by atoms with Crippen LogP contribution in [0.3, 0.4) is 0 Å². The van der Waals surface area contributed by atoms with Crippen LogP contribution in [0.15, 0.2) is 21.9 Å². The summed E-state index contributed by atoms with van der Waals surface area (Å²) in [5.74, 6) is -1.15. The van der Waals surface area contributed by atoms with Crippen LogP contribution in [0.25, 0.3) is 11.0 Å². The van der Waals surface area contributed by atoms with Crippen molar-refractivity contribution in [2.45, 2.75) is 95.9 Å². The molecule has 11 heteroatoms. The minimum atomic E-state index is -0.652.